The maximum Gasteiger partial charge on any atom is 0.323 e. The SMILES string of the molecule is O=C(Nc1ccc(Cl)c(Cl)c1)Nc1ccc2c(Cc3ccsc3)n[nH]c(=O)c2c1. The summed E-state index contributed by atoms with van der Waals surface area (Å²) in [6, 6.07) is 11.5. The fourth-order valence-electron chi connectivity index (χ4n) is 2.89. The minimum absolute atomic E-state index is 0.317. The summed E-state index contributed by atoms with van der Waals surface area (Å²) in [7, 11) is 0. The van der Waals surface area contributed by atoms with E-state index in [0.29, 0.717) is 33.2 Å². The third kappa shape index (κ3) is 4.42. The van der Waals surface area contributed by atoms with Crippen molar-refractivity contribution in [1.82, 2.24) is 10.2 Å². The van der Waals surface area contributed by atoms with Gasteiger partial charge < -0.3 is 10.6 Å². The lowest BCUT2D eigenvalue weighted by molar-refractivity contribution is 0.262. The Hall–Kier alpha value is -2.87. The molecule has 146 valence electrons. The number of thiophene rings is 1. The second-order valence-corrected chi connectivity index (χ2v) is 7.87. The molecule has 2 aromatic carbocycles. The highest BCUT2D eigenvalue weighted by atomic mass is 35.5. The summed E-state index contributed by atoms with van der Waals surface area (Å²) in [5.74, 6) is 0. The average molecular weight is 445 g/mol. The van der Waals surface area contributed by atoms with Crippen LogP contribution in [0.4, 0.5) is 16.2 Å². The Labute approximate surface area is 179 Å². The van der Waals surface area contributed by atoms with Crippen LogP contribution in [-0.2, 0) is 6.42 Å². The van der Waals surface area contributed by atoms with Crippen LogP contribution in [0.3, 0.4) is 0 Å². The number of H-pyrrole nitrogens is 1. The molecule has 0 bridgehead atoms. The van der Waals surface area contributed by atoms with E-state index in [9.17, 15) is 9.59 Å². The van der Waals surface area contributed by atoms with E-state index < -0.39 is 6.03 Å². The molecule has 0 atom stereocenters. The van der Waals surface area contributed by atoms with Crippen LogP contribution in [0, 0.1) is 0 Å². The van der Waals surface area contributed by atoms with Crippen molar-refractivity contribution in [2.45, 2.75) is 6.42 Å². The molecule has 0 fully saturated rings. The number of aromatic nitrogens is 2. The Bertz CT molecular complexity index is 1260. The molecule has 0 spiro atoms. The second kappa shape index (κ2) is 8.24. The molecule has 3 N–H and O–H groups in total. The summed E-state index contributed by atoms with van der Waals surface area (Å²) in [4.78, 5) is 24.5. The van der Waals surface area contributed by atoms with E-state index >= 15 is 0 Å². The van der Waals surface area contributed by atoms with E-state index in [1.807, 2.05) is 16.8 Å². The Balaban J connectivity index is 1.56. The molecule has 4 aromatic rings. The van der Waals surface area contributed by atoms with Gasteiger partial charge in [-0.05, 0) is 52.7 Å². The van der Waals surface area contributed by atoms with Gasteiger partial charge in [0.25, 0.3) is 5.56 Å². The van der Waals surface area contributed by atoms with Crippen LogP contribution in [-0.4, -0.2) is 16.2 Å². The van der Waals surface area contributed by atoms with E-state index in [1.54, 1.807) is 47.7 Å². The van der Waals surface area contributed by atoms with Crippen molar-refractivity contribution in [3.05, 3.63) is 84.9 Å². The quantitative estimate of drug-likeness (QED) is 0.386. The van der Waals surface area contributed by atoms with Gasteiger partial charge in [-0.3, -0.25) is 4.79 Å². The number of carbonyl (C=O) groups is 1. The van der Waals surface area contributed by atoms with E-state index in [1.165, 1.54) is 0 Å². The second-order valence-electron chi connectivity index (χ2n) is 6.28. The van der Waals surface area contributed by atoms with E-state index in [2.05, 4.69) is 20.8 Å². The number of hydrogen-bond donors (Lipinski definition) is 3. The van der Waals surface area contributed by atoms with E-state index in [0.717, 1.165) is 16.6 Å². The third-order valence-corrected chi connectivity index (χ3v) is 5.73. The van der Waals surface area contributed by atoms with Gasteiger partial charge in [-0.1, -0.05) is 29.3 Å². The number of nitrogens with one attached hydrogen (secondary N) is 3. The molecule has 2 amide bonds. The summed E-state index contributed by atoms with van der Waals surface area (Å²) >= 11 is 13.4. The summed E-state index contributed by atoms with van der Waals surface area (Å²) in [5, 5.41) is 18.1. The number of benzene rings is 2. The van der Waals surface area contributed by atoms with Crippen LogP contribution >= 0.6 is 34.5 Å². The van der Waals surface area contributed by atoms with Crippen LogP contribution in [0.1, 0.15) is 11.3 Å². The van der Waals surface area contributed by atoms with Gasteiger partial charge >= 0.3 is 6.03 Å². The van der Waals surface area contributed by atoms with Crippen molar-refractivity contribution in [1.29, 1.82) is 0 Å². The molecule has 2 heterocycles. The van der Waals surface area contributed by atoms with Gasteiger partial charge in [-0.25, -0.2) is 9.89 Å². The third-order valence-electron chi connectivity index (χ3n) is 4.25. The molecule has 0 saturated heterocycles. The largest absolute Gasteiger partial charge is 0.323 e. The smallest absolute Gasteiger partial charge is 0.308 e. The number of rotatable bonds is 4. The lowest BCUT2D eigenvalue weighted by Crippen LogP contribution is -2.20. The summed E-state index contributed by atoms with van der Waals surface area (Å²) in [5.41, 5.74) is 2.55. The van der Waals surface area contributed by atoms with Crippen LogP contribution in [0.25, 0.3) is 10.8 Å². The fourth-order valence-corrected chi connectivity index (χ4v) is 3.86. The van der Waals surface area contributed by atoms with Crippen molar-refractivity contribution in [2.24, 2.45) is 0 Å². The molecule has 0 unspecified atom stereocenters. The minimum atomic E-state index is -0.466. The monoisotopic (exact) mass is 444 g/mol. The molecule has 4 rings (SSSR count). The highest BCUT2D eigenvalue weighted by Gasteiger charge is 2.10. The van der Waals surface area contributed by atoms with Crippen LogP contribution in [0.5, 0.6) is 0 Å². The maximum atomic E-state index is 12.3. The molecule has 9 heteroatoms. The van der Waals surface area contributed by atoms with Crippen molar-refractivity contribution >= 4 is 62.7 Å². The van der Waals surface area contributed by atoms with Gasteiger partial charge in [-0.15, -0.1) is 0 Å². The van der Waals surface area contributed by atoms with Crippen LogP contribution in [0.15, 0.2) is 58.0 Å². The van der Waals surface area contributed by atoms with Crippen molar-refractivity contribution in [2.75, 3.05) is 10.6 Å². The van der Waals surface area contributed by atoms with Gasteiger partial charge in [0.05, 0.1) is 21.1 Å². The number of urea groups is 1. The normalized spacial score (nSPS) is 10.8. The maximum absolute atomic E-state index is 12.3. The Morgan fingerprint density at radius 2 is 1.76 bits per heavy atom. The van der Waals surface area contributed by atoms with Crippen LogP contribution in [0.2, 0.25) is 10.0 Å². The number of fused-ring (bicyclic) bond motifs is 1. The van der Waals surface area contributed by atoms with Gasteiger partial charge in [0, 0.05) is 23.2 Å². The summed E-state index contributed by atoms with van der Waals surface area (Å²) in [6.07, 6.45) is 0.612. The summed E-state index contributed by atoms with van der Waals surface area (Å²) < 4.78 is 0. The van der Waals surface area contributed by atoms with Gasteiger partial charge in [-0.2, -0.15) is 16.4 Å². The first-order valence-electron chi connectivity index (χ1n) is 8.55. The molecular weight excluding hydrogens is 431 g/mol. The molecule has 0 saturated carbocycles. The molecule has 0 radical (unpaired) electrons. The predicted octanol–water partition coefficient (Wildman–Crippen LogP) is 5.53. The standard InChI is InChI=1S/C20H14Cl2N4O2S/c21-16-4-2-13(9-17(16)22)24-20(28)23-12-1-3-14-15(8-12)19(27)26-25-18(14)7-11-5-6-29-10-11/h1-6,8-10H,7H2,(H,26,27)(H2,23,24,28). The minimum Gasteiger partial charge on any atom is -0.308 e. The first-order valence-corrected chi connectivity index (χ1v) is 10.2. The summed E-state index contributed by atoms with van der Waals surface area (Å²) in [6.45, 7) is 0. The zero-order valence-electron chi connectivity index (χ0n) is 14.8. The van der Waals surface area contributed by atoms with Gasteiger partial charge in [0.15, 0.2) is 0 Å². The number of carbonyl (C=O) groups excluding carboxylic acids is 1. The topological polar surface area (TPSA) is 86.9 Å². The zero-order valence-corrected chi connectivity index (χ0v) is 17.2. The molecule has 2 aromatic heterocycles. The average Bonchev–Trinajstić information content (AvgIpc) is 3.20. The lowest BCUT2D eigenvalue weighted by atomic mass is 10.1. The van der Waals surface area contributed by atoms with Crippen molar-refractivity contribution < 1.29 is 4.79 Å². The number of amides is 2. The molecule has 29 heavy (non-hydrogen) atoms. The van der Waals surface area contributed by atoms with E-state index in [-0.39, 0.29) is 5.56 Å². The van der Waals surface area contributed by atoms with Gasteiger partial charge in [0.2, 0.25) is 0 Å². The first-order chi connectivity index (χ1) is 14.0. The Morgan fingerprint density at radius 1 is 1.00 bits per heavy atom. The fraction of sp³-hybridized carbons (Fsp3) is 0.0500. The molecule has 0 aliphatic heterocycles. The Kier molecular flexibility index (Phi) is 5.53. The van der Waals surface area contributed by atoms with Gasteiger partial charge in [0.1, 0.15) is 0 Å². The molecule has 0 aliphatic carbocycles. The van der Waals surface area contributed by atoms with E-state index in [4.69, 9.17) is 23.2 Å². The van der Waals surface area contributed by atoms with Crippen molar-refractivity contribution in [3.63, 3.8) is 0 Å². The molecule has 6 nitrogen and oxygen atoms in total. The number of anilines is 2. The number of nitrogens with zero attached hydrogens (tertiary/aromatic N) is 1. The molecule has 0 aliphatic rings. The predicted molar refractivity (Wildman–Crippen MR) is 119 cm³/mol. The lowest BCUT2D eigenvalue weighted by Gasteiger charge is -2.10. The van der Waals surface area contributed by atoms with Crippen LogP contribution < -0.4 is 16.2 Å². The first kappa shape index (κ1) is 19.4. The number of hydrogen-bond acceptors (Lipinski definition) is 4. The molecular formula is C20H14Cl2N4O2S. The highest BCUT2D eigenvalue weighted by Crippen LogP contribution is 2.25. The zero-order chi connectivity index (χ0) is 20.4. The highest BCUT2D eigenvalue weighted by molar-refractivity contribution is 7.07. The van der Waals surface area contributed by atoms with Crippen molar-refractivity contribution in [3.8, 4) is 0 Å². The Morgan fingerprint density at radius 3 is 2.48 bits per heavy atom. The number of halogens is 2. The number of aromatic amines is 1.